The highest BCUT2D eigenvalue weighted by molar-refractivity contribution is 5.87. The molecule has 0 bridgehead atoms. The zero-order valence-corrected chi connectivity index (χ0v) is 11.8. The minimum Gasteiger partial charge on any atom is -0.497 e. The van der Waals surface area contributed by atoms with Gasteiger partial charge in [-0.05, 0) is 43.5 Å². The Morgan fingerprint density at radius 2 is 2.05 bits per heavy atom. The molecular formula is C16H22N2O. The van der Waals surface area contributed by atoms with Crippen molar-refractivity contribution in [1.29, 1.82) is 0 Å². The van der Waals surface area contributed by atoms with Gasteiger partial charge in [0, 0.05) is 28.6 Å². The van der Waals surface area contributed by atoms with Crippen molar-refractivity contribution < 1.29 is 4.74 Å². The Morgan fingerprint density at radius 1 is 1.32 bits per heavy atom. The van der Waals surface area contributed by atoms with E-state index in [-0.39, 0.29) is 5.41 Å². The lowest BCUT2D eigenvalue weighted by Gasteiger charge is -2.28. The largest absolute Gasteiger partial charge is 0.497 e. The molecule has 1 aromatic carbocycles. The van der Waals surface area contributed by atoms with E-state index >= 15 is 0 Å². The van der Waals surface area contributed by atoms with Gasteiger partial charge in [-0.2, -0.15) is 0 Å². The zero-order valence-electron chi connectivity index (χ0n) is 11.8. The summed E-state index contributed by atoms with van der Waals surface area (Å²) in [6.07, 6.45) is 4.98. The molecule has 102 valence electrons. The van der Waals surface area contributed by atoms with E-state index in [0.717, 1.165) is 12.3 Å². The van der Waals surface area contributed by atoms with Gasteiger partial charge in [-0.25, -0.2) is 0 Å². The van der Waals surface area contributed by atoms with E-state index < -0.39 is 0 Å². The number of aryl methyl sites for hydroxylation is 1. The predicted molar refractivity (Wildman–Crippen MR) is 78.8 cm³/mol. The van der Waals surface area contributed by atoms with Gasteiger partial charge in [-0.15, -0.1) is 0 Å². The second-order valence-electron chi connectivity index (χ2n) is 5.73. The molecule has 1 heterocycles. The first kappa shape index (κ1) is 12.5. The standard InChI is InChI=1S/C16H22N2O/c1-11-15(16(10-17)7-3-4-8-16)13-9-12(19-2)5-6-14(13)18-11/h5-6,9,18H,3-4,7-8,10,17H2,1-2H3. The van der Waals surface area contributed by atoms with Crippen LogP contribution in [0.4, 0.5) is 0 Å². The molecule has 1 aromatic heterocycles. The maximum atomic E-state index is 6.15. The number of fused-ring (bicyclic) bond motifs is 1. The van der Waals surface area contributed by atoms with E-state index in [9.17, 15) is 0 Å². The maximum absolute atomic E-state index is 6.15. The highest BCUT2D eigenvalue weighted by Crippen LogP contribution is 2.45. The number of ether oxygens (including phenoxy) is 1. The summed E-state index contributed by atoms with van der Waals surface area (Å²) in [5.74, 6) is 0.915. The molecule has 3 rings (SSSR count). The zero-order chi connectivity index (χ0) is 13.5. The molecular weight excluding hydrogens is 236 g/mol. The lowest BCUT2D eigenvalue weighted by atomic mass is 9.77. The number of rotatable bonds is 3. The van der Waals surface area contributed by atoms with Gasteiger partial charge >= 0.3 is 0 Å². The monoisotopic (exact) mass is 258 g/mol. The van der Waals surface area contributed by atoms with Crippen LogP contribution < -0.4 is 10.5 Å². The van der Waals surface area contributed by atoms with E-state index in [1.165, 1.54) is 47.8 Å². The molecule has 3 nitrogen and oxygen atoms in total. The third-order valence-corrected chi connectivity index (χ3v) is 4.67. The van der Waals surface area contributed by atoms with Crippen molar-refractivity contribution in [2.75, 3.05) is 13.7 Å². The first-order valence-electron chi connectivity index (χ1n) is 7.07. The third-order valence-electron chi connectivity index (χ3n) is 4.67. The van der Waals surface area contributed by atoms with Crippen molar-refractivity contribution in [3.05, 3.63) is 29.5 Å². The second kappa shape index (κ2) is 4.57. The normalized spacial score (nSPS) is 18.1. The van der Waals surface area contributed by atoms with Crippen molar-refractivity contribution >= 4 is 10.9 Å². The van der Waals surface area contributed by atoms with Crippen LogP contribution in [-0.2, 0) is 5.41 Å². The van der Waals surface area contributed by atoms with E-state index in [1.54, 1.807) is 7.11 Å². The van der Waals surface area contributed by atoms with Crippen molar-refractivity contribution in [3.8, 4) is 5.75 Å². The molecule has 0 saturated heterocycles. The fraction of sp³-hybridized carbons (Fsp3) is 0.500. The molecule has 0 radical (unpaired) electrons. The number of hydrogen-bond donors (Lipinski definition) is 2. The van der Waals surface area contributed by atoms with Crippen molar-refractivity contribution in [1.82, 2.24) is 4.98 Å². The van der Waals surface area contributed by atoms with Gasteiger partial charge in [-0.1, -0.05) is 12.8 Å². The number of nitrogens with one attached hydrogen (secondary N) is 1. The number of benzene rings is 1. The Morgan fingerprint density at radius 3 is 2.68 bits per heavy atom. The minimum absolute atomic E-state index is 0.161. The van der Waals surface area contributed by atoms with Crippen molar-refractivity contribution in [3.63, 3.8) is 0 Å². The summed E-state index contributed by atoms with van der Waals surface area (Å²) in [4.78, 5) is 3.50. The number of aromatic nitrogens is 1. The number of nitrogens with two attached hydrogens (primary N) is 1. The molecule has 0 unspecified atom stereocenters. The molecule has 0 aliphatic heterocycles. The van der Waals surface area contributed by atoms with Crippen LogP contribution in [0, 0.1) is 6.92 Å². The van der Waals surface area contributed by atoms with Crippen LogP contribution in [0.15, 0.2) is 18.2 Å². The van der Waals surface area contributed by atoms with Gasteiger partial charge in [0.15, 0.2) is 0 Å². The Balaban J connectivity index is 2.23. The van der Waals surface area contributed by atoms with Gasteiger partial charge in [-0.3, -0.25) is 0 Å². The Bertz CT molecular complexity index is 594. The summed E-state index contributed by atoms with van der Waals surface area (Å²) < 4.78 is 5.37. The molecule has 3 N–H and O–H groups in total. The fourth-order valence-electron chi connectivity index (χ4n) is 3.72. The van der Waals surface area contributed by atoms with Crippen LogP contribution in [0.2, 0.25) is 0 Å². The van der Waals surface area contributed by atoms with Crippen LogP contribution in [-0.4, -0.2) is 18.6 Å². The topological polar surface area (TPSA) is 51.0 Å². The van der Waals surface area contributed by atoms with Gasteiger partial charge in [0.05, 0.1) is 7.11 Å². The Labute approximate surface area is 114 Å². The predicted octanol–water partition coefficient (Wildman–Crippen LogP) is 3.26. The summed E-state index contributed by atoms with van der Waals surface area (Å²) in [6.45, 7) is 2.90. The van der Waals surface area contributed by atoms with Gasteiger partial charge in [0.2, 0.25) is 0 Å². The highest BCUT2D eigenvalue weighted by Gasteiger charge is 2.37. The molecule has 19 heavy (non-hydrogen) atoms. The molecule has 0 atom stereocenters. The fourth-order valence-corrected chi connectivity index (χ4v) is 3.72. The van der Waals surface area contributed by atoms with Crippen LogP contribution in [0.1, 0.15) is 36.9 Å². The smallest absolute Gasteiger partial charge is 0.119 e. The molecule has 0 amide bonds. The van der Waals surface area contributed by atoms with E-state index in [2.05, 4.69) is 24.0 Å². The minimum atomic E-state index is 0.161. The van der Waals surface area contributed by atoms with E-state index in [4.69, 9.17) is 10.5 Å². The van der Waals surface area contributed by atoms with Gasteiger partial charge in [0.25, 0.3) is 0 Å². The lowest BCUT2D eigenvalue weighted by Crippen LogP contribution is -2.32. The number of aromatic amines is 1. The lowest BCUT2D eigenvalue weighted by molar-refractivity contribution is 0.415. The summed E-state index contributed by atoms with van der Waals surface area (Å²) >= 11 is 0. The maximum Gasteiger partial charge on any atom is 0.119 e. The van der Waals surface area contributed by atoms with Crippen LogP contribution in [0.5, 0.6) is 5.75 Å². The number of H-pyrrole nitrogens is 1. The summed E-state index contributed by atoms with van der Waals surface area (Å²) in [6, 6.07) is 6.25. The SMILES string of the molecule is COc1ccc2[nH]c(C)c(C3(CN)CCCC3)c2c1. The van der Waals surface area contributed by atoms with E-state index in [0.29, 0.717) is 0 Å². The first-order chi connectivity index (χ1) is 9.20. The molecule has 1 aliphatic carbocycles. The second-order valence-corrected chi connectivity index (χ2v) is 5.73. The Kier molecular flexibility index (Phi) is 3.02. The molecule has 1 aliphatic rings. The third kappa shape index (κ3) is 1.84. The summed E-state index contributed by atoms with van der Waals surface area (Å²) in [5.41, 5.74) is 10.2. The highest BCUT2D eigenvalue weighted by atomic mass is 16.5. The van der Waals surface area contributed by atoms with Gasteiger partial charge < -0.3 is 15.5 Å². The van der Waals surface area contributed by atoms with Crippen LogP contribution in [0.3, 0.4) is 0 Å². The quantitative estimate of drug-likeness (QED) is 0.888. The number of methoxy groups -OCH3 is 1. The average molecular weight is 258 g/mol. The Hall–Kier alpha value is -1.48. The van der Waals surface area contributed by atoms with Gasteiger partial charge in [0.1, 0.15) is 5.75 Å². The molecule has 1 saturated carbocycles. The van der Waals surface area contributed by atoms with E-state index in [1.807, 2.05) is 6.07 Å². The average Bonchev–Trinajstić information content (AvgIpc) is 3.01. The molecule has 0 spiro atoms. The molecule has 2 aromatic rings. The summed E-state index contributed by atoms with van der Waals surface area (Å²) in [5, 5.41) is 1.28. The molecule has 3 heteroatoms. The van der Waals surface area contributed by atoms with Crippen LogP contribution >= 0.6 is 0 Å². The van der Waals surface area contributed by atoms with Crippen molar-refractivity contribution in [2.45, 2.75) is 38.0 Å². The molecule has 1 fully saturated rings. The van der Waals surface area contributed by atoms with Crippen LogP contribution in [0.25, 0.3) is 10.9 Å². The summed E-state index contributed by atoms with van der Waals surface area (Å²) in [7, 11) is 1.72. The first-order valence-corrected chi connectivity index (χ1v) is 7.07. The van der Waals surface area contributed by atoms with Crippen molar-refractivity contribution in [2.24, 2.45) is 5.73 Å². The number of hydrogen-bond acceptors (Lipinski definition) is 2.